The fraction of sp³-hybridized carbons (Fsp3) is 0.423. The summed E-state index contributed by atoms with van der Waals surface area (Å²) in [5.74, 6) is 0.318. The van der Waals surface area contributed by atoms with Crippen LogP contribution >= 0.6 is 0 Å². The molecule has 0 aliphatic carbocycles. The number of rotatable bonds is 8. The van der Waals surface area contributed by atoms with Crippen molar-refractivity contribution in [3.63, 3.8) is 0 Å². The molecule has 5 heteroatoms. The molecule has 2 heterocycles. The van der Waals surface area contributed by atoms with Crippen LogP contribution < -0.4 is 4.90 Å². The molecule has 1 aliphatic rings. The maximum atomic E-state index is 14.0. The third-order valence-corrected chi connectivity index (χ3v) is 6.10. The normalized spacial score (nSPS) is 15.0. The number of para-hydroxylation sites is 2. The lowest BCUT2D eigenvalue weighted by Crippen LogP contribution is -2.46. The van der Waals surface area contributed by atoms with Gasteiger partial charge in [-0.05, 0) is 62.1 Å². The fourth-order valence-corrected chi connectivity index (χ4v) is 4.32. The zero-order valence-corrected chi connectivity index (χ0v) is 18.7. The van der Waals surface area contributed by atoms with E-state index in [9.17, 15) is 4.39 Å². The summed E-state index contributed by atoms with van der Waals surface area (Å²) < 4.78 is 16.1. The molecule has 4 rings (SSSR count). The molecule has 0 spiro atoms. The van der Waals surface area contributed by atoms with Crippen molar-refractivity contribution < 1.29 is 4.39 Å². The van der Waals surface area contributed by atoms with Crippen molar-refractivity contribution in [1.29, 1.82) is 0 Å². The number of unbranched alkanes of at least 4 members (excludes halogenated alkanes) is 1. The zero-order valence-electron chi connectivity index (χ0n) is 18.7. The van der Waals surface area contributed by atoms with Gasteiger partial charge in [-0.15, -0.1) is 0 Å². The number of hydrogen-bond acceptors (Lipinski definition) is 3. The van der Waals surface area contributed by atoms with Gasteiger partial charge in [0.25, 0.3) is 0 Å². The highest BCUT2D eigenvalue weighted by atomic mass is 19.1. The van der Waals surface area contributed by atoms with E-state index in [1.54, 1.807) is 12.1 Å². The second-order valence-corrected chi connectivity index (χ2v) is 8.70. The highest BCUT2D eigenvalue weighted by molar-refractivity contribution is 5.48. The Morgan fingerprint density at radius 3 is 2.32 bits per heavy atom. The standard InChI is InChI=1S/C26H33FN4/c1-21(2)26-20-22(28-31(26)23-11-4-3-5-12-23)10-8-9-15-29-16-18-30(19-17-29)25-14-7-6-13-24(25)27/h3-7,11-14,20-21H,8-10,15-19H2,1-2H3. The first kappa shape index (κ1) is 21.6. The van der Waals surface area contributed by atoms with Crippen molar-refractivity contribution in [2.24, 2.45) is 0 Å². The van der Waals surface area contributed by atoms with Gasteiger partial charge in [0.2, 0.25) is 0 Å². The van der Waals surface area contributed by atoms with Crippen molar-refractivity contribution in [3.05, 3.63) is 77.9 Å². The van der Waals surface area contributed by atoms with Crippen LogP contribution in [0.15, 0.2) is 60.7 Å². The predicted molar refractivity (Wildman–Crippen MR) is 126 cm³/mol. The minimum absolute atomic E-state index is 0.119. The number of halogens is 1. The zero-order chi connectivity index (χ0) is 21.6. The number of piperazine rings is 1. The van der Waals surface area contributed by atoms with E-state index in [2.05, 4.69) is 58.7 Å². The van der Waals surface area contributed by atoms with Crippen LogP contribution in [0.25, 0.3) is 5.69 Å². The Morgan fingerprint density at radius 2 is 1.61 bits per heavy atom. The van der Waals surface area contributed by atoms with Gasteiger partial charge in [0.1, 0.15) is 5.82 Å². The minimum Gasteiger partial charge on any atom is -0.367 e. The van der Waals surface area contributed by atoms with E-state index in [4.69, 9.17) is 5.10 Å². The van der Waals surface area contributed by atoms with Crippen LogP contribution in [0.2, 0.25) is 0 Å². The van der Waals surface area contributed by atoms with Gasteiger partial charge >= 0.3 is 0 Å². The third-order valence-electron chi connectivity index (χ3n) is 6.10. The van der Waals surface area contributed by atoms with E-state index in [0.29, 0.717) is 5.92 Å². The monoisotopic (exact) mass is 420 g/mol. The molecule has 31 heavy (non-hydrogen) atoms. The van der Waals surface area contributed by atoms with Crippen LogP contribution in [0.5, 0.6) is 0 Å². The van der Waals surface area contributed by atoms with Crippen molar-refractivity contribution in [2.45, 2.75) is 39.0 Å². The van der Waals surface area contributed by atoms with Gasteiger partial charge in [0.05, 0.1) is 17.1 Å². The van der Waals surface area contributed by atoms with Crippen LogP contribution in [0.4, 0.5) is 10.1 Å². The van der Waals surface area contributed by atoms with E-state index < -0.39 is 0 Å². The first-order valence-electron chi connectivity index (χ1n) is 11.5. The Hall–Kier alpha value is -2.66. The van der Waals surface area contributed by atoms with Crippen LogP contribution in [-0.4, -0.2) is 47.4 Å². The SMILES string of the molecule is CC(C)c1cc(CCCCN2CCN(c3ccccc3F)CC2)nn1-c1ccccc1. The van der Waals surface area contributed by atoms with Crippen molar-refractivity contribution >= 4 is 5.69 Å². The van der Waals surface area contributed by atoms with Gasteiger partial charge in [-0.1, -0.05) is 44.2 Å². The molecule has 4 nitrogen and oxygen atoms in total. The fourth-order valence-electron chi connectivity index (χ4n) is 4.32. The molecule has 2 aromatic carbocycles. The number of benzene rings is 2. The lowest BCUT2D eigenvalue weighted by atomic mass is 10.1. The molecule has 0 saturated carbocycles. The number of hydrogen-bond donors (Lipinski definition) is 0. The second kappa shape index (κ2) is 10.1. The minimum atomic E-state index is -0.119. The largest absolute Gasteiger partial charge is 0.367 e. The van der Waals surface area contributed by atoms with E-state index in [0.717, 1.165) is 63.4 Å². The topological polar surface area (TPSA) is 24.3 Å². The Balaban J connectivity index is 1.25. The van der Waals surface area contributed by atoms with Gasteiger partial charge in [-0.25, -0.2) is 9.07 Å². The molecule has 0 N–H and O–H groups in total. The van der Waals surface area contributed by atoms with E-state index in [1.807, 2.05) is 18.2 Å². The highest BCUT2D eigenvalue weighted by Crippen LogP contribution is 2.22. The molecule has 0 radical (unpaired) electrons. The molecule has 0 amide bonds. The number of anilines is 1. The van der Waals surface area contributed by atoms with Crippen molar-refractivity contribution in [2.75, 3.05) is 37.6 Å². The van der Waals surface area contributed by atoms with E-state index in [-0.39, 0.29) is 5.82 Å². The summed E-state index contributed by atoms with van der Waals surface area (Å²) >= 11 is 0. The lowest BCUT2D eigenvalue weighted by molar-refractivity contribution is 0.252. The van der Waals surface area contributed by atoms with Gasteiger partial charge in [0.15, 0.2) is 0 Å². The predicted octanol–water partition coefficient (Wildman–Crippen LogP) is 5.28. The first-order valence-corrected chi connectivity index (χ1v) is 11.5. The van der Waals surface area contributed by atoms with Gasteiger partial charge in [0, 0.05) is 31.9 Å². The molecule has 0 unspecified atom stereocenters. The molecule has 3 aromatic rings. The summed E-state index contributed by atoms with van der Waals surface area (Å²) in [6.45, 7) is 9.31. The molecule has 1 aromatic heterocycles. The summed E-state index contributed by atoms with van der Waals surface area (Å²) in [5, 5.41) is 4.90. The van der Waals surface area contributed by atoms with Crippen LogP contribution in [0, 0.1) is 5.82 Å². The molecule has 1 fully saturated rings. The Labute approximate surface area is 185 Å². The summed E-state index contributed by atoms with van der Waals surface area (Å²) in [5.41, 5.74) is 4.31. The van der Waals surface area contributed by atoms with Gasteiger partial charge in [-0.3, -0.25) is 4.90 Å². The van der Waals surface area contributed by atoms with E-state index >= 15 is 0 Å². The molecule has 164 valence electrons. The molecule has 1 aliphatic heterocycles. The summed E-state index contributed by atoms with van der Waals surface area (Å²) in [4.78, 5) is 4.66. The third kappa shape index (κ3) is 5.34. The van der Waals surface area contributed by atoms with Crippen LogP contribution in [0.3, 0.4) is 0 Å². The number of aryl methyl sites for hydroxylation is 1. The quantitative estimate of drug-likeness (QED) is 0.464. The average Bonchev–Trinajstić information content (AvgIpc) is 3.23. The molecular formula is C26H33FN4. The lowest BCUT2D eigenvalue weighted by Gasteiger charge is -2.36. The molecule has 1 saturated heterocycles. The van der Waals surface area contributed by atoms with Crippen LogP contribution in [-0.2, 0) is 6.42 Å². The molecule has 0 bridgehead atoms. The van der Waals surface area contributed by atoms with Gasteiger partial charge in [-0.2, -0.15) is 5.10 Å². The maximum Gasteiger partial charge on any atom is 0.146 e. The summed E-state index contributed by atoms with van der Waals surface area (Å²) in [6, 6.07) is 19.8. The molecular weight excluding hydrogens is 387 g/mol. The smallest absolute Gasteiger partial charge is 0.146 e. The number of nitrogens with zero attached hydrogens (tertiary/aromatic N) is 4. The average molecular weight is 421 g/mol. The summed E-state index contributed by atoms with van der Waals surface area (Å²) in [7, 11) is 0. The Bertz CT molecular complexity index is 959. The van der Waals surface area contributed by atoms with Crippen LogP contribution in [0.1, 0.15) is 44.0 Å². The van der Waals surface area contributed by atoms with Crippen molar-refractivity contribution in [1.82, 2.24) is 14.7 Å². The van der Waals surface area contributed by atoms with Gasteiger partial charge < -0.3 is 4.90 Å². The maximum absolute atomic E-state index is 14.0. The second-order valence-electron chi connectivity index (χ2n) is 8.70. The Morgan fingerprint density at radius 1 is 0.903 bits per heavy atom. The highest BCUT2D eigenvalue weighted by Gasteiger charge is 2.19. The molecule has 0 atom stereocenters. The van der Waals surface area contributed by atoms with Crippen molar-refractivity contribution in [3.8, 4) is 5.69 Å². The first-order chi connectivity index (χ1) is 15.1. The summed E-state index contributed by atoms with van der Waals surface area (Å²) in [6.07, 6.45) is 3.31. The number of aromatic nitrogens is 2. The Kier molecular flexibility index (Phi) is 7.03. The van der Waals surface area contributed by atoms with E-state index in [1.165, 1.54) is 11.4 Å².